The molecule has 1 aliphatic carbocycles. The third kappa shape index (κ3) is 3.10. The van der Waals surface area contributed by atoms with E-state index in [2.05, 4.69) is 37.6 Å². The van der Waals surface area contributed by atoms with Crippen molar-refractivity contribution in [2.45, 2.75) is 32.2 Å². The van der Waals surface area contributed by atoms with Gasteiger partial charge in [-0.25, -0.2) is 9.97 Å². The summed E-state index contributed by atoms with van der Waals surface area (Å²) in [4.78, 5) is 13.1. The summed E-state index contributed by atoms with van der Waals surface area (Å²) in [6.07, 6.45) is 8.12. The molecule has 0 aromatic carbocycles. The van der Waals surface area contributed by atoms with Crippen LogP contribution in [0.3, 0.4) is 0 Å². The molecule has 3 heterocycles. The van der Waals surface area contributed by atoms with E-state index in [1.54, 1.807) is 12.4 Å². The van der Waals surface area contributed by atoms with E-state index in [4.69, 9.17) is 5.10 Å². The first-order valence-electron chi connectivity index (χ1n) is 8.98. The molecule has 0 bridgehead atoms. The number of rotatable bonds is 3. The topological polar surface area (TPSA) is 73.9 Å². The largest absolute Gasteiger partial charge is 0.352 e. The van der Waals surface area contributed by atoms with E-state index < -0.39 is 0 Å². The lowest BCUT2D eigenvalue weighted by molar-refractivity contribution is 0.245. The van der Waals surface area contributed by atoms with Gasteiger partial charge in [0, 0.05) is 57.9 Å². The number of aromatic nitrogens is 4. The van der Waals surface area contributed by atoms with Crippen LogP contribution >= 0.6 is 0 Å². The molecule has 4 rings (SSSR count). The van der Waals surface area contributed by atoms with Crippen molar-refractivity contribution < 1.29 is 0 Å². The van der Waals surface area contributed by atoms with Crippen LogP contribution in [-0.4, -0.2) is 50.8 Å². The first kappa shape index (κ1) is 16.0. The number of anilines is 1. The van der Waals surface area contributed by atoms with Crippen molar-refractivity contribution in [2.75, 3.05) is 31.1 Å². The van der Waals surface area contributed by atoms with Crippen molar-refractivity contribution in [3.8, 4) is 6.07 Å². The molecule has 0 radical (unpaired) electrons. The Morgan fingerprint density at radius 3 is 2.64 bits per heavy atom. The van der Waals surface area contributed by atoms with Gasteiger partial charge in [-0.3, -0.25) is 9.58 Å². The minimum absolute atomic E-state index is 0.412. The quantitative estimate of drug-likeness (QED) is 0.840. The van der Waals surface area contributed by atoms with Crippen molar-refractivity contribution in [1.29, 1.82) is 5.26 Å². The van der Waals surface area contributed by atoms with Crippen molar-refractivity contribution in [2.24, 2.45) is 7.05 Å². The Bertz CT molecular complexity index is 796. The van der Waals surface area contributed by atoms with Gasteiger partial charge in [0.1, 0.15) is 6.07 Å². The molecule has 7 nitrogen and oxygen atoms in total. The zero-order chi connectivity index (χ0) is 17.2. The molecule has 0 unspecified atom stereocenters. The first-order chi connectivity index (χ1) is 12.3. The maximum absolute atomic E-state index is 9.21. The zero-order valence-corrected chi connectivity index (χ0v) is 14.6. The minimum atomic E-state index is 0.412. The predicted molar refractivity (Wildman–Crippen MR) is 94.1 cm³/mol. The van der Waals surface area contributed by atoms with Gasteiger partial charge in [0.05, 0.1) is 5.69 Å². The van der Waals surface area contributed by atoms with Gasteiger partial charge in [-0.15, -0.1) is 0 Å². The summed E-state index contributed by atoms with van der Waals surface area (Å²) in [6, 6.07) is 2.14. The number of nitrogens with zero attached hydrogens (tertiary/aromatic N) is 7. The molecular formula is C18H23N7. The highest BCUT2D eigenvalue weighted by Gasteiger charge is 2.24. The third-order valence-corrected chi connectivity index (χ3v) is 5.28. The second-order valence-corrected chi connectivity index (χ2v) is 6.81. The fraction of sp³-hybridized carbons (Fsp3) is 0.556. The second-order valence-electron chi connectivity index (χ2n) is 6.81. The lowest BCUT2D eigenvalue weighted by Gasteiger charge is -2.35. The number of hydrogen-bond donors (Lipinski definition) is 0. The number of fused-ring (bicyclic) bond motifs is 1. The zero-order valence-electron chi connectivity index (χ0n) is 14.6. The van der Waals surface area contributed by atoms with Crippen LogP contribution in [0.2, 0.25) is 0 Å². The maximum atomic E-state index is 9.21. The van der Waals surface area contributed by atoms with E-state index in [9.17, 15) is 5.26 Å². The molecule has 0 atom stereocenters. The van der Waals surface area contributed by atoms with E-state index in [1.807, 2.05) is 0 Å². The van der Waals surface area contributed by atoms with Crippen LogP contribution in [0.15, 0.2) is 12.4 Å². The molecule has 2 aliphatic rings. The molecule has 0 spiro atoms. The fourth-order valence-electron chi connectivity index (χ4n) is 3.96. The van der Waals surface area contributed by atoms with Gasteiger partial charge in [0.25, 0.3) is 0 Å². The van der Waals surface area contributed by atoms with Crippen molar-refractivity contribution in [3.05, 3.63) is 35.0 Å². The minimum Gasteiger partial charge on any atom is -0.352 e. The van der Waals surface area contributed by atoms with Crippen LogP contribution in [0.4, 0.5) is 5.82 Å². The summed E-state index contributed by atoms with van der Waals surface area (Å²) >= 11 is 0. The Labute approximate surface area is 147 Å². The lowest BCUT2D eigenvalue weighted by Crippen LogP contribution is -2.46. The van der Waals surface area contributed by atoms with Crippen molar-refractivity contribution in [1.82, 2.24) is 24.6 Å². The van der Waals surface area contributed by atoms with Gasteiger partial charge in [-0.2, -0.15) is 10.4 Å². The van der Waals surface area contributed by atoms with Gasteiger partial charge in [-0.1, -0.05) is 0 Å². The molecule has 0 amide bonds. The van der Waals surface area contributed by atoms with E-state index in [0.29, 0.717) is 11.5 Å². The van der Waals surface area contributed by atoms with Gasteiger partial charge < -0.3 is 4.90 Å². The van der Waals surface area contributed by atoms with E-state index >= 15 is 0 Å². The molecule has 130 valence electrons. The average Bonchev–Trinajstić information content (AvgIpc) is 2.98. The van der Waals surface area contributed by atoms with E-state index in [-0.39, 0.29) is 0 Å². The third-order valence-electron chi connectivity index (χ3n) is 5.28. The second kappa shape index (κ2) is 6.81. The summed E-state index contributed by atoms with van der Waals surface area (Å²) in [5.41, 5.74) is 4.58. The van der Waals surface area contributed by atoms with Gasteiger partial charge in [0.2, 0.25) is 0 Å². The molecule has 1 saturated heterocycles. The van der Waals surface area contributed by atoms with Crippen LogP contribution < -0.4 is 4.90 Å². The van der Waals surface area contributed by atoms with E-state index in [0.717, 1.165) is 39.1 Å². The van der Waals surface area contributed by atoms with Gasteiger partial charge in [-0.05, 0) is 31.2 Å². The SMILES string of the molecule is Cn1nc(CN2CCN(c3nccnc3C#N)CC2)c2c1CCCC2. The Hall–Kier alpha value is -2.46. The molecule has 25 heavy (non-hydrogen) atoms. The Morgan fingerprint density at radius 2 is 1.84 bits per heavy atom. The lowest BCUT2D eigenvalue weighted by atomic mass is 9.95. The molecule has 2 aromatic heterocycles. The predicted octanol–water partition coefficient (Wildman–Crippen LogP) is 1.28. The monoisotopic (exact) mass is 337 g/mol. The van der Waals surface area contributed by atoms with Crippen LogP contribution in [0, 0.1) is 11.3 Å². The molecule has 1 fully saturated rings. The van der Waals surface area contributed by atoms with Crippen molar-refractivity contribution >= 4 is 5.82 Å². The number of aryl methyl sites for hydroxylation is 1. The number of hydrogen-bond acceptors (Lipinski definition) is 6. The maximum Gasteiger partial charge on any atom is 0.183 e. The van der Waals surface area contributed by atoms with Crippen LogP contribution in [-0.2, 0) is 26.4 Å². The Balaban J connectivity index is 1.42. The normalized spacial score (nSPS) is 18.0. The summed E-state index contributed by atoms with van der Waals surface area (Å²) in [5, 5.41) is 14.0. The molecule has 2 aromatic rings. The standard InChI is InChI=1S/C18H23N7/c1-23-17-5-3-2-4-14(17)16(22-23)13-24-8-10-25(11-9-24)18-15(12-19)20-6-7-21-18/h6-7H,2-5,8-11,13H2,1H3. The van der Waals surface area contributed by atoms with Crippen LogP contribution in [0.5, 0.6) is 0 Å². The summed E-state index contributed by atoms with van der Waals surface area (Å²) < 4.78 is 2.08. The fourth-order valence-corrected chi connectivity index (χ4v) is 3.96. The molecule has 0 saturated carbocycles. The molecule has 7 heteroatoms. The van der Waals surface area contributed by atoms with Crippen molar-refractivity contribution in [3.63, 3.8) is 0 Å². The average molecular weight is 337 g/mol. The summed E-state index contributed by atoms with van der Waals surface area (Å²) in [7, 11) is 2.07. The first-order valence-corrected chi connectivity index (χ1v) is 8.98. The molecule has 1 aliphatic heterocycles. The van der Waals surface area contributed by atoms with Gasteiger partial charge in [0.15, 0.2) is 11.5 Å². The van der Waals surface area contributed by atoms with Crippen LogP contribution in [0.25, 0.3) is 0 Å². The highest BCUT2D eigenvalue weighted by atomic mass is 15.3. The van der Waals surface area contributed by atoms with Crippen LogP contribution in [0.1, 0.15) is 35.5 Å². The highest BCUT2D eigenvalue weighted by Crippen LogP contribution is 2.25. The number of piperazine rings is 1. The molecular weight excluding hydrogens is 314 g/mol. The summed E-state index contributed by atoms with van der Waals surface area (Å²) in [5.74, 6) is 0.708. The number of nitriles is 1. The summed E-state index contributed by atoms with van der Waals surface area (Å²) in [6.45, 7) is 4.55. The highest BCUT2D eigenvalue weighted by molar-refractivity contribution is 5.49. The Kier molecular flexibility index (Phi) is 4.36. The van der Waals surface area contributed by atoms with Gasteiger partial charge >= 0.3 is 0 Å². The molecule has 0 N–H and O–H groups in total. The smallest absolute Gasteiger partial charge is 0.183 e. The van der Waals surface area contributed by atoms with E-state index in [1.165, 1.54) is 36.2 Å². The Morgan fingerprint density at radius 1 is 1.08 bits per heavy atom.